The lowest BCUT2D eigenvalue weighted by Gasteiger charge is -2.17. The van der Waals surface area contributed by atoms with Crippen molar-refractivity contribution >= 4 is 11.1 Å². The first kappa shape index (κ1) is 23.1. The predicted octanol–water partition coefficient (Wildman–Crippen LogP) is 9.33. The Morgan fingerprint density at radius 3 is 2.05 bits per heavy atom. The maximum atomic E-state index is 5.17. The van der Waals surface area contributed by atoms with Gasteiger partial charge < -0.3 is 0 Å². The topological polar surface area (TPSA) is 25.8 Å². The maximum absolute atomic E-state index is 5.17. The third kappa shape index (κ3) is 5.01. The molecule has 1 aromatic heterocycles. The molecular formula is C35H30N2. The molecule has 2 nitrogen and oxygen atoms in total. The molecule has 0 bridgehead atoms. The van der Waals surface area contributed by atoms with E-state index in [1.54, 1.807) is 0 Å². The van der Waals surface area contributed by atoms with Crippen molar-refractivity contribution in [2.45, 2.75) is 32.6 Å². The van der Waals surface area contributed by atoms with E-state index in [0.29, 0.717) is 0 Å². The summed E-state index contributed by atoms with van der Waals surface area (Å²) in [6.45, 7) is 2.22. The number of rotatable bonds is 5. The van der Waals surface area contributed by atoms with E-state index in [1.165, 1.54) is 22.3 Å². The summed E-state index contributed by atoms with van der Waals surface area (Å²) in [6.07, 6.45) is 15.7. The molecule has 0 amide bonds. The van der Waals surface area contributed by atoms with Gasteiger partial charge in [0, 0.05) is 11.1 Å². The van der Waals surface area contributed by atoms with E-state index < -0.39 is 0 Å². The van der Waals surface area contributed by atoms with Crippen LogP contribution in [-0.4, -0.2) is 9.97 Å². The number of allylic oxidation sites excluding steroid dienone is 8. The monoisotopic (exact) mass is 478 g/mol. The van der Waals surface area contributed by atoms with Gasteiger partial charge in [0.1, 0.15) is 0 Å². The Labute approximate surface area is 219 Å². The van der Waals surface area contributed by atoms with Crippen LogP contribution in [0.25, 0.3) is 44.9 Å². The molecule has 1 heterocycles. The Hall–Kier alpha value is -4.30. The van der Waals surface area contributed by atoms with Crippen molar-refractivity contribution in [2.24, 2.45) is 0 Å². The van der Waals surface area contributed by atoms with E-state index in [0.717, 1.165) is 65.2 Å². The summed E-state index contributed by atoms with van der Waals surface area (Å²) in [4.78, 5) is 10.3. The molecule has 0 radical (unpaired) electrons. The van der Waals surface area contributed by atoms with Gasteiger partial charge in [-0.15, -0.1) is 0 Å². The van der Waals surface area contributed by atoms with Gasteiger partial charge in [-0.3, -0.25) is 0 Å². The van der Waals surface area contributed by atoms with Crippen LogP contribution in [0.4, 0.5) is 0 Å². The maximum Gasteiger partial charge on any atom is 0.161 e. The van der Waals surface area contributed by atoms with Crippen molar-refractivity contribution in [3.8, 4) is 33.8 Å². The second-order valence-electron chi connectivity index (χ2n) is 9.78. The van der Waals surface area contributed by atoms with E-state index in [1.807, 2.05) is 6.07 Å². The van der Waals surface area contributed by atoms with Gasteiger partial charge in [0.15, 0.2) is 5.82 Å². The lowest BCUT2D eigenvalue weighted by atomic mass is 9.91. The zero-order chi connectivity index (χ0) is 25.0. The molecule has 180 valence electrons. The zero-order valence-corrected chi connectivity index (χ0v) is 21.2. The van der Waals surface area contributed by atoms with Gasteiger partial charge in [-0.25, -0.2) is 9.97 Å². The molecule has 0 fully saturated rings. The molecule has 2 heteroatoms. The largest absolute Gasteiger partial charge is 0.228 e. The Bertz CT molecular complexity index is 1550. The number of nitrogens with zero attached hydrogens (tertiary/aromatic N) is 2. The summed E-state index contributed by atoms with van der Waals surface area (Å²) >= 11 is 0. The quantitative estimate of drug-likeness (QED) is 0.285. The van der Waals surface area contributed by atoms with Gasteiger partial charge >= 0.3 is 0 Å². The van der Waals surface area contributed by atoms with Gasteiger partial charge in [0.2, 0.25) is 0 Å². The second-order valence-corrected chi connectivity index (χ2v) is 9.78. The van der Waals surface area contributed by atoms with Crippen LogP contribution in [0.1, 0.15) is 43.9 Å². The fourth-order valence-electron chi connectivity index (χ4n) is 5.11. The van der Waals surface area contributed by atoms with Crippen molar-refractivity contribution in [3.05, 3.63) is 132 Å². The predicted molar refractivity (Wildman–Crippen MR) is 156 cm³/mol. The van der Waals surface area contributed by atoms with E-state index >= 15 is 0 Å². The highest BCUT2D eigenvalue weighted by atomic mass is 14.9. The highest BCUT2D eigenvalue weighted by Crippen LogP contribution is 2.36. The second kappa shape index (κ2) is 10.4. The summed E-state index contributed by atoms with van der Waals surface area (Å²) in [6, 6.07) is 29.9. The zero-order valence-electron chi connectivity index (χ0n) is 21.2. The highest BCUT2D eigenvalue weighted by Gasteiger charge is 2.17. The molecule has 0 saturated carbocycles. The van der Waals surface area contributed by atoms with E-state index in [-0.39, 0.29) is 0 Å². The van der Waals surface area contributed by atoms with Gasteiger partial charge in [-0.05, 0) is 72.6 Å². The fraction of sp³-hybridized carbons (Fsp3) is 0.143. The smallest absolute Gasteiger partial charge is 0.161 e. The SMILES string of the molecule is CC1=CC(c2ccc(-c3ccccc3)c(-c3nc(C4=CCCC=C4)cc(-c4ccccc4)n3)c2)=CCC1. The molecule has 0 saturated heterocycles. The molecular weight excluding hydrogens is 448 g/mol. The highest BCUT2D eigenvalue weighted by molar-refractivity contribution is 5.87. The number of hydrogen-bond donors (Lipinski definition) is 0. The summed E-state index contributed by atoms with van der Waals surface area (Å²) in [5.41, 5.74) is 11.5. The van der Waals surface area contributed by atoms with Crippen LogP contribution >= 0.6 is 0 Å². The van der Waals surface area contributed by atoms with Crippen LogP contribution in [-0.2, 0) is 0 Å². The van der Waals surface area contributed by atoms with E-state index in [2.05, 4.69) is 116 Å². The lowest BCUT2D eigenvalue weighted by molar-refractivity contribution is 0.966. The first-order chi connectivity index (χ1) is 18.2. The Morgan fingerprint density at radius 1 is 0.595 bits per heavy atom. The van der Waals surface area contributed by atoms with Crippen LogP contribution in [0.3, 0.4) is 0 Å². The van der Waals surface area contributed by atoms with Crippen molar-refractivity contribution in [1.82, 2.24) is 9.97 Å². The van der Waals surface area contributed by atoms with Gasteiger partial charge in [0.25, 0.3) is 0 Å². The van der Waals surface area contributed by atoms with Crippen molar-refractivity contribution in [1.29, 1.82) is 0 Å². The number of hydrogen-bond acceptors (Lipinski definition) is 2. The molecule has 2 aliphatic carbocycles. The summed E-state index contributed by atoms with van der Waals surface area (Å²) in [7, 11) is 0. The third-order valence-corrected chi connectivity index (χ3v) is 7.07. The standard InChI is InChI=1S/C35H30N2/c1-25-12-11-19-29(22-25)30-20-21-31(26-13-5-2-6-14-26)32(23-30)35-36-33(27-15-7-3-8-16-27)24-34(37-35)28-17-9-4-10-18-28/h2-3,5-9,13-24H,4,10-12H2,1H3. The fourth-order valence-corrected chi connectivity index (χ4v) is 5.11. The molecule has 2 aliphatic rings. The molecule has 37 heavy (non-hydrogen) atoms. The molecule has 0 atom stereocenters. The Balaban J connectivity index is 1.58. The number of aromatic nitrogens is 2. The minimum Gasteiger partial charge on any atom is -0.228 e. The van der Waals surface area contributed by atoms with Crippen LogP contribution in [0.15, 0.2) is 121 Å². The first-order valence-corrected chi connectivity index (χ1v) is 13.1. The summed E-state index contributed by atoms with van der Waals surface area (Å²) < 4.78 is 0. The molecule has 0 N–H and O–H groups in total. The normalized spacial score (nSPS) is 15.1. The molecule has 0 aliphatic heterocycles. The minimum atomic E-state index is 0.758. The van der Waals surface area contributed by atoms with Gasteiger partial charge in [-0.2, -0.15) is 0 Å². The molecule has 0 unspecified atom stereocenters. The average molecular weight is 479 g/mol. The summed E-state index contributed by atoms with van der Waals surface area (Å²) in [5, 5.41) is 0. The number of benzene rings is 3. The van der Waals surface area contributed by atoms with Gasteiger partial charge in [0.05, 0.1) is 11.4 Å². The van der Waals surface area contributed by atoms with Crippen molar-refractivity contribution < 1.29 is 0 Å². The van der Waals surface area contributed by atoms with Crippen molar-refractivity contribution in [2.75, 3.05) is 0 Å². The van der Waals surface area contributed by atoms with Crippen molar-refractivity contribution in [3.63, 3.8) is 0 Å². The third-order valence-electron chi connectivity index (χ3n) is 7.07. The molecule has 6 rings (SSSR count). The molecule has 0 spiro atoms. The van der Waals surface area contributed by atoms with E-state index in [4.69, 9.17) is 9.97 Å². The Morgan fingerprint density at radius 2 is 1.32 bits per heavy atom. The van der Waals surface area contributed by atoms with Crippen LogP contribution < -0.4 is 0 Å². The van der Waals surface area contributed by atoms with Crippen LogP contribution in [0.5, 0.6) is 0 Å². The van der Waals surface area contributed by atoms with Crippen LogP contribution in [0, 0.1) is 0 Å². The Kier molecular flexibility index (Phi) is 6.47. The molecule has 4 aromatic rings. The van der Waals surface area contributed by atoms with Crippen LogP contribution in [0.2, 0.25) is 0 Å². The lowest BCUT2D eigenvalue weighted by Crippen LogP contribution is -2.01. The summed E-state index contributed by atoms with van der Waals surface area (Å²) in [5.74, 6) is 0.758. The first-order valence-electron chi connectivity index (χ1n) is 13.1. The van der Waals surface area contributed by atoms with Gasteiger partial charge in [-0.1, -0.05) is 109 Å². The average Bonchev–Trinajstić information content (AvgIpc) is 2.98. The van der Waals surface area contributed by atoms with E-state index in [9.17, 15) is 0 Å². The minimum absolute atomic E-state index is 0.758. The molecule has 3 aromatic carbocycles.